The van der Waals surface area contributed by atoms with E-state index in [9.17, 15) is 9.59 Å². The molecule has 0 saturated carbocycles. The lowest BCUT2D eigenvalue weighted by Crippen LogP contribution is -2.53. The quantitative estimate of drug-likeness (QED) is 0.806. The Labute approximate surface area is 134 Å². The number of aromatic nitrogens is 1. The van der Waals surface area contributed by atoms with E-state index >= 15 is 0 Å². The van der Waals surface area contributed by atoms with Crippen LogP contribution in [0.15, 0.2) is 24.3 Å². The molecule has 2 saturated heterocycles. The number of nitrogens with zero attached hydrogens (tertiary/aromatic N) is 3. The van der Waals surface area contributed by atoms with Crippen LogP contribution in [0.25, 0.3) is 10.9 Å². The van der Waals surface area contributed by atoms with Gasteiger partial charge in [0.25, 0.3) is 5.91 Å². The van der Waals surface area contributed by atoms with Crippen LogP contribution in [-0.4, -0.2) is 58.7 Å². The molecule has 2 amide bonds. The Hall–Kier alpha value is -2.50. The summed E-state index contributed by atoms with van der Waals surface area (Å²) in [5, 5.41) is 1.07. The molecule has 1 aromatic carbocycles. The molecule has 2 aliphatic rings. The van der Waals surface area contributed by atoms with Gasteiger partial charge < -0.3 is 14.2 Å². The molecular weight excluding hydrogens is 294 g/mol. The van der Waals surface area contributed by atoms with Crippen molar-refractivity contribution < 1.29 is 14.3 Å². The van der Waals surface area contributed by atoms with Crippen LogP contribution < -0.4 is 0 Å². The molecule has 23 heavy (non-hydrogen) atoms. The van der Waals surface area contributed by atoms with Crippen LogP contribution in [0.1, 0.15) is 16.1 Å². The van der Waals surface area contributed by atoms with Gasteiger partial charge in [-0.1, -0.05) is 12.1 Å². The van der Waals surface area contributed by atoms with Crippen molar-refractivity contribution >= 4 is 22.9 Å². The van der Waals surface area contributed by atoms with Crippen molar-refractivity contribution in [1.29, 1.82) is 0 Å². The van der Waals surface area contributed by atoms with Crippen molar-refractivity contribution in [1.82, 2.24) is 14.4 Å². The summed E-state index contributed by atoms with van der Waals surface area (Å²) in [4.78, 5) is 28.0. The van der Waals surface area contributed by atoms with Crippen LogP contribution in [0.4, 0.5) is 4.79 Å². The SMILES string of the molecule is Cc1ccc2cc(C(=O)N3CCN4C(=O)OCC4C3)n(C)c2c1. The van der Waals surface area contributed by atoms with Crippen molar-refractivity contribution in [3.05, 3.63) is 35.5 Å². The summed E-state index contributed by atoms with van der Waals surface area (Å²) in [6, 6.07) is 8.12. The maximum Gasteiger partial charge on any atom is 0.410 e. The molecule has 2 aromatic rings. The molecule has 0 bridgehead atoms. The molecule has 4 rings (SSSR count). The molecule has 0 aliphatic carbocycles. The van der Waals surface area contributed by atoms with Gasteiger partial charge in [-0.3, -0.25) is 9.69 Å². The van der Waals surface area contributed by atoms with Crippen LogP contribution in [0, 0.1) is 6.92 Å². The van der Waals surface area contributed by atoms with Gasteiger partial charge in [0.2, 0.25) is 0 Å². The minimum atomic E-state index is -0.262. The standard InChI is InChI=1S/C17H19N3O3/c1-11-3-4-12-8-15(18(2)14(12)7-11)16(21)19-5-6-20-13(9-19)10-23-17(20)22/h3-4,7-8,13H,5-6,9-10H2,1-2H3. The third kappa shape index (κ3) is 2.17. The molecule has 2 aliphatic heterocycles. The fraction of sp³-hybridized carbons (Fsp3) is 0.412. The maximum absolute atomic E-state index is 12.9. The van der Waals surface area contributed by atoms with E-state index in [0.29, 0.717) is 31.9 Å². The molecule has 1 aromatic heterocycles. The minimum Gasteiger partial charge on any atom is -0.447 e. The van der Waals surface area contributed by atoms with E-state index in [1.165, 1.54) is 5.56 Å². The van der Waals surface area contributed by atoms with Crippen LogP contribution >= 0.6 is 0 Å². The number of ether oxygens (including phenoxy) is 1. The molecular formula is C17H19N3O3. The Balaban J connectivity index is 1.62. The van der Waals surface area contributed by atoms with Gasteiger partial charge in [-0.2, -0.15) is 0 Å². The zero-order valence-electron chi connectivity index (χ0n) is 13.3. The van der Waals surface area contributed by atoms with Gasteiger partial charge in [0.1, 0.15) is 12.3 Å². The summed E-state index contributed by atoms with van der Waals surface area (Å²) in [6.45, 7) is 4.04. The van der Waals surface area contributed by atoms with Crippen LogP contribution in [0.3, 0.4) is 0 Å². The summed E-state index contributed by atoms with van der Waals surface area (Å²) >= 11 is 0. The van der Waals surface area contributed by atoms with Gasteiger partial charge in [0.05, 0.1) is 6.04 Å². The zero-order chi connectivity index (χ0) is 16.1. The van der Waals surface area contributed by atoms with E-state index in [0.717, 1.165) is 10.9 Å². The third-order valence-electron chi connectivity index (χ3n) is 4.82. The highest BCUT2D eigenvalue weighted by molar-refractivity contribution is 5.99. The van der Waals surface area contributed by atoms with Crippen molar-refractivity contribution in [3.8, 4) is 0 Å². The Kier molecular flexibility index (Phi) is 3.07. The molecule has 3 heterocycles. The first-order valence-corrected chi connectivity index (χ1v) is 7.83. The number of hydrogen-bond acceptors (Lipinski definition) is 3. The lowest BCUT2D eigenvalue weighted by Gasteiger charge is -2.35. The van der Waals surface area contributed by atoms with Crippen molar-refractivity contribution in [2.45, 2.75) is 13.0 Å². The average Bonchev–Trinajstić information content (AvgIpc) is 3.08. The van der Waals surface area contributed by atoms with Gasteiger partial charge in [-0.15, -0.1) is 0 Å². The average molecular weight is 313 g/mol. The first-order chi connectivity index (χ1) is 11.0. The van der Waals surface area contributed by atoms with E-state index in [-0.39, 0.29) is 18.0 Å². The topological polar surface area (TPSA) is 54.8 Å². The van der Waals surface area contributed by atoms with E-state index < -0.39 is 0 Å². The van der Waals surface area contributed by atoms with Crippen molar-refractivity contribution in [2.24, 2.45) is 7.05 Å². The van der Waals surface area contributed by atoms with Gasteiger partial charge in [0.15, 0.2) is 0 Å². The second-order valence-electron chi connectivity index (χ2n) is 6.33. The zero-order valence-corrected chi connectivity index (χ0v) is 13.3. The fourth-order valence-electron chi connectivity index (χ4n) is 3.48. The largest absolute Gasteiger partial charge is 0.447 e. The predicted octanol–water partition coefficient (Wildman–Crippen LogP) is 1.76. The van der Waals surface area contributed by atoms with Crippen molar-refractivity contribution in [2.75, 3.05) is 26.2 Å². The summed E-state index contributed by atoms with van der Waals surface area (Å²) < 4.78 is 7.01. The Morgan fingerprint density at radius 1 is 1.26 bits per heavy atom. The van der Waals surface area contributed by atoms with E-state index in [2.05, 4.69) is 12.1 Å². The third-order valence-corrected chi connectivity index (χ3v) is 4.82. The lowest BCUT2D eigenvalue weighted by atomic mass is 10.1. The molecule has 120 valence electrons. The van der Waals surface area contributed by atoms with E-state index in [4.69, 9.17) is 4.74 Å². The number of cyclic esters (lactones) is 1. The van der Waals surface area contributed by atoms with Crippen LogP contribution in [0.2, 0.25) is 0 Å². The van der Waals surface area contributed by atoms with Crippen LogP contribution in [-0.2, 0) is 11.8 Å². The number of carbonyl (C=O) groups is 2. The molecule has 6 heteroatoms. The number of carbonyl (C=O) groups excluding carboxylic acids is 2. The fourth-order valence-corrected chi connectivity index (χ4v) is 3.48. The van der Waals surface area contributed by atoms with Gasteiger partial charge >= 0.3 is 6.09 Å². The number of benzene rings is 1. The highest BCUT2D eigenvalue weighted by atomic mass is 16.6. The number of fused-ring (bicyclic) bond motifs is 2. The lowest BCUT2D eigenvalue weighted by molar-refractivity contribution is 0.0608. The number of rotatable bonds is 1. The summed E-state index contributed by atoms with van der Waals surface area (Å²) in [6.07, 6.45) is -0.262. The molecule has 1 atom stereocenters. The summed E-state index contributed by atoms with van der Waals surface area (Å²) in [7, 11) is 1.92. The highest BCUT2D eigenvalue weighted by Crippen LogP contribution is 2.23. The number of aryl methyl sites for hydroxylation is 2. The summed E-state index contributed by atoms with van der Waals surface area (Å²) in [5.41, 5.74) is 2.92. The molecule has 0 radical (unpaired) electrons. The molecule has 0 N–H and O–H groups in total. The second kappa shape index (κ2) is 5.01. The Morgan fingerprint density at radius 3 is 2.91 bits per heavy atom. The molecule has 6 nitrogen and oxygen atoms in total. The van der Waals surface area contributed by atoms with Crippen LogP contribution in [0.5, 0.6) is 0 Å². The monoisotopic (exact) mass is 313 g/mol. The normalized spacial score (nSPS) is 20.8. The first kappa shape index (κ1) is 14.1. The Bertz CT molecular complexity index is 811. The smallest absolute Gasteiger partial charge is 0.410 e. The van der Waals surface area contributed by atoms with Gasteiger partial charge in [0, 0.05) is 37.6 Å². The molecule has 0 spiro atoms. The predicted molar refractivity (Wildman–Crippen MR) is 85.4 cm³/mol. The Morgan fingerprint density at radius 2 is 2.09 bits per heavy atom. The second-order valence-corrected chi connectivity index (χ2v) is 6.33. The van der Waals surface area contributed by atoms with E-state index in [1.54, 1.807) is 4.90 Å². The first-order valence-electron chi connectivity index (χ1n) is 7.83. The maximum atomic E-state index is 12.9. The highest BCUT2D eigenvalue weighted by Gasteiger charge is 2.39. The minimum absolute atomic E-state index is 0.0142. The number of amides is 2. The molecule has 1 unspecified atom stereocenters. The van der Waals surface area contributed by atoms with Gasteiger partial charge in [-0.25, -0.2) is 4.79 Å². The van der Waals surface area contributed by atoms with Crippen molar-refractivity contribution in [3.63, 3.8) is 0 Å². The number of hydrogen-bond donors (Lipinski definition) is 0. The molecule has 2 fully saturated rings. The van der Waals surface area contributed by atoms with E-state index in [1.807, 2.05) is 35.6 Å². The summed E-state index contributed by atoms with van der Waals surface area (Å²) in [5.74, 6) is 0.0142. The number of piperazine rings is 1. The van der Waals surface area contributed by atoms with Gasteiger partial charge in [-0.05, 0) is 24.6 Å².